The minimum Gasteiger partial charge on any atom is -0.481 e. The molecule has 0 saturated carbocycles. The highest BCUT2D eigenvalue weighted by atomic mass is 32.1. The molecule has 2 aromatic rings. The van der Waals surface area contributed by atoms with Gasteiger partial charge in [0, 0.05) is 24.9 Å². The minimum atomic E-state index is -0.768. The van der Waals surface area contributed by atoms with Gasteiger partial charge in [0.25, 0.3) is 5.91 Å². The number of piperidine rings is 1. The van der Waals surface area contributed by atoms with E-state index in [0.29, 0.717) is 31.6 Å². The van der Waals surface area contributed by atoms with Crippen LogP contribution in [0.1, 0.15) is 33.9 Å². The van der Waals surface area contributed by atoms with Crippen LogP contribution in [0.4, 0.5) is 0 Å². The maximum atomic E-state index is 12.5. The highest BCUT2D eigenvalue weighted by Crippen LogP contribution is 2.21. The van der Waals surface area contributed by atoms with Crippen molar-refractivity contribution in [1.82, 2.24) is 9.88 Å². The van der Waals surface area contributed by atoms with E-state index >= 15 is 0 Å². The third kappa shape index (κ3) is 3.76. The molecule has 6 heteroatoms. The number of nitrogens with zero attached hydrogens (tertiary/aromatic N) is 2. The molecule has 1 aliphatic heterocycles. The summed E-state index contributed by atoms with van der Waals surface area (Å²) in [6.45, 7) is 0.975. The molecule has 0 bridgehead atoms. The van der Waals surface area contributed by atoms with Crippen LogP contribution in [0.25, 0.3) is 0 Å². The van der Waals surface area contributed by atoms with Crippen molar-refractivity contribution in [3.05, 3.63) is 52.0 Å². The Labute approximate surface area is 138 Å². The van der Waals surface area contributed by atoms with Gasteiger partial charge in [-0.3, -0.25) is 9.59 Å². The zero-order valence-electron chi connectivity index (χ0n) is 12.6. The number of hydrogen-bond donors (Lipinski definition) is 1. The van der Waals surface area contributed by atoms with Crippen molar-refractivity contribution in [3.63, 3.8) is 0 Å². The molecule has 120 valence electrons. The molecule has 2 heterocycles. The SMILES string of the molecule is O=C(O)C1CCN(C(=O)c2csc(Cc3ccccc3)n2)CC1. The number of carboxylic acids is 1. The fourth-order valence-corrected chi connectivity index (χ4v) is 3.55. The first-order valence-corrected chi connectivity index (χ1v) is 8.52. The summed E-state index contributed by atoms with van der Waals surface area (Å²) in [5.74, 6) is -1.19. The van der Waals surface area contributed by atoms with E-state index < -0.39 is 5.97 Å². The molecule has 0 radical (unpaired) electrons. The van der Waals surface area contributed by atoms with E-state index in [2.05, 4.69) is 4.98 Å². The van der Waals surface area contributed by atoms with Crippen LogP contribution in [0.2, 0.25) is 0 Å². The van der Waals surface area contributed by atoms with E-state index in [1.165, 1.54) is 16.9 Å². The largest absolute Gasteiger partial charge is 0.481 e. The monoisotopic (exact) mass is 330 g/mol. The molecule has 0 aliphatic carbocycles. The summed E-state index contributed by atoms with van der Waals surface area (Å²) < 4.78 is 0. The topological polar surface area (TPSA) is 70.5 Å². The number of carboxylic acid groups (broad SMARTS) is 1. The third-order valence-corrected chi connectivity index (χ3v) is 4.95. The first-order chi connectivity index (χ1) is 11.1. The van der Waals surface area contributed by atoms with E-state index in [0.717, 1.165) is 11.4 Å². The van der Waals surface area contributed by atoms with Crippen molar-refractivity contribution in [3.8, 4) is 0 Å². The zero-order chi connectivity index (χ0) is 16.2. The summed E-state index contributed by atoms with van der Waals surface area (Å²) in [7, 11) is 0. The van der Waals surface area contributed by atoms with E-state index in [9.17, 15) is 9.59 Å². The van der Waals surface area contributed by atoms with Crippen molar-refractivity contribution in [2.24, 2.45) is 5.92 Å². The van der Waals surface area contributed by atoms with Gasteiger partial charge in [0.1, 0.15) is 5.69 Å². The van der Waals surface area contributed by atoms with Gasteiger partial charge >= 0.3 is 5.97 Å². The Hall–Kier alpha value is -2.21. The van der Waals surface area contributed by atoms with Gasteiger partial charge in [-0.2, -0.15) is 0 Å². The third-order valence-electron chi connectivity index (χ3n) is 4.10. The van der Waals surface area contributed by atoms with Crippen LogP contribution in [0.15, 0.2) is 35.7 Å². The van der Waals surface area contributed by atoms with Gasteiger partial charge in [-0.05, 0) is 18.4 Å². The van der Waals surface area contributed by atoms with Gasteiger partial charge in [0.2, 0.25) is 0 Å². The number of rotatable bonds is 4. The average molecular weight is 330 g/mol. The van der Waals surface area contributed by atoms with E-state index in [1.54, 1.807) is 10.3 Å². The summed E-state index contributed by atoms with van der Waals surface area (Å²) in [5.41, 5.74) is 1.64. The second kappa shape index (κ2) is 6.91. The van der Waals surface area contributed by atoms with Gasteiger partial charge in [-0.15, -0.1) is 11.3 Å². The average Bonchev–Trinajstić information content (AvgIpc) is 3.03. The van der Waals surface area contributed by atoms with Crippen LogP contribution in [0.3, 0.4) is 0 Å². The minimum absolute atomic E-state index is 0.0931. The summed E-state index contributed by atoms with van der Waals surface area (Å²) in [6, 6.07) is 10.0. The molecule has 1 saturated heterocycles. The number of carbonyl (C=O) groups is 2. The Morgan fingerprint density at radius 2 is 1.91 bits per heavy atom. The van der Waals surface area contributed by atoms with E-state index in [-0.39, 0.29) is 11.8 Å². The molecule has 0 unspecified atom stereocenters. The molecule has 1 aromatic carbocycles. The van der Waals surface area contributed by atoms with Crippen LogP contribution < -0.4 is 0 Å². The van der Waals surface area contributed by atoms with E-state index in [1.807, 2.05) is 30.3 Å². The maximum absolute atomic E-state index is 12.5. The fourth-order valence-electron chi connectivity index (χ4n) is 2.75. The lowest BCUT2D eigenvalue weighted by molar-refractivity contribution is -0.143. The molecule has 1 aliphatic rings. The molecular weight excluding hydrogens is 312 g/mol. The zero-order valence-corrected chi connectivity index (χ0v) is 13.5. The molecule has 0 spiro atoms. The number of amides is 1. The highest BCUT2D eigenvalue weighted by molar-refractivity contribution is 7.09. The Balaban J connectivity index is 1.62. The van der Waals surface area contributed by atoms with Crippen molar-refractivity contribution in [2.45, 2.75) is 19.3 Å². The lowest BCUT2D eigenvalue weighted by Crippen LogP contribution is -2.40. The maximum Gasteiger partial charge on any atom is 0.306 e. The second-order valence-electron chi connectivity index (χ2n) is 5.69. The molecule has 23 heavy (non-hydrogen) atoms. The van der Waals surface area contributed by atoms with Crippen LogP contribution in [-0.4, -0.2) is 40.0 Å². The van der Waals surface area contributed by atoms with Crippen LogP contribution >= 0.6 is 11.3 Å². The highest BCUT2D eigenvalue weighted by Gasteiger charge is 2.28. The van der Waals surface area contributed by atoms with E-state index in [4.69, 9.17) is 5.11 Å². The Bertz CT molecular complexity index is 691. The molecule has 1 fully saturated rings. The van der Waals surface area contributed by atoms with Crippen LogP contribution in [0.5, 0.6) is 0 Å². The Morgan fingerprint density at radius 3 is 2.57 bits per heavy atom. The van der Waals surface area contributed by atoms with Crippen molar-refractivity contribution < 1.29 is 14.7 Å². The summed E-state index contributed by atoms with van der Waals surface area (Å²) in [6.07, 6.45) is 1.75. The molecule has 0 atom stereocenters. The normalized spacial score (nSPS) is 15.6. The first-order valence-electron chi connectivity index (χ1n) is 7.64. The number of likely N-dealkylation sites (tertiary alicyclic amines) is 1. The predicted octanol–water partition coefficient (Wildman–Crippen LogP) is 2.67. The fraction of sp³-hybridized carbons (Fsp3) is 0.353. The number of benzene rings is 1. The van der Waals surface area contributed by atoms with Gasteiger partial charge < -0.3 is 10.0 Å². The summed E-state index contributed by atoms with van der Waals surface area (Å²) >= 11 is 1.49. The molecule has 1 N–H and O–H groups in total. The van der Waals surface area contributed by atoms with Gasteiger partial charge in [-0.25, -0.2) is 4.98 Å². The lowest BCUT2D eigenvalue weighted by Gasteiger charge is -2.29. The first kappa shape index (κ1) is 15.7. The second-order valence-corrected chi connectivity index (χ2v) is 6.64. The van der Waals surface area contributed by atoms with Crippen LogP contribution in [-0.2, 0) is 11.2 Å². The van der Waals surface area contributed by atoms with Gasteiger partial charge in [0.05, 0.1) is 10.9 Å². The number of aliphatic carboxylic acids is 1. The molecular formula is C17H18N2O3S. The molecule has 1 amide bonds. The number of hydrogen-bond acceptors (Lipinski definition) is 4. The van der Waals surface area contributed by atoms with Crippen LogP contribution in [0, 0.1) is 5.92 Å². The predicted molar refractivity (Wildman–Crippen MR) is 87.6 cm³/mol. The Morgan fingerprint density at radius 1 is 1.22 bits per heavy atom. The number of carbonyl (C=O) groups excluding carboxylic acids is 1. The number of aromatic nitrogens is 1. The number of thiazole rings is 1. The van der Waals surface area contributed by atoms with Crippen molar-refractivity contribution in [2.75, 3.05) is 13.1 Å². The van der Waals surface area contributed by atoms with Crippen molar-refractivity contribution in [1.29, 1.82) is 0 Å². The molecule has 3 rings (SSSR count). The molecule has 1 aromatic heterocycles. The molecule has 5 nitrogen and oxygen atoms in total. The lowest BCUT2D eigenvalue weighted by atomic mass is 9.97. The summed E-state index contributed by atoms with van der Waals surface area (Å²) in [5, 5.41) is 11.7. The van der Waals surface area contributed by atoms with Gasteiger partial charge in [-0.1, -0.05) is 30.3 Å². The quantitative estimate of drug-likeness (QED) is 0.935. The smallest absolute Gasteiger partial charge is 0.306 e. The Kier molecular flexibility index (Phi) is 4.71. The van der Waals surface area contributed by atoms with Gasteiger partial charge in [0.15, 0.2) is 0 Å². The summed E-state index contributed by atoms with van der Waals surface area (Å²) in [4.78, 5) is 29.6. The van der Waals surface area contributed by atoms with Crippen molar-refractivity contribution >= 4 is 23.2 Å². The standard InChI is InChI=1S/C17H18N2O3S/c20-16(19-8-6-13(7-9-19)17(21)22)14-11-23-15(18-14)10-12-4-2-1-3-5-12/h1-5,11,13H,6-10H2,(H,21,22).